The number of hydrogen-bond donors (Lipinski definition) is 0. The molecule has 0 aromatic heterocycles. The average molecular weight is 311 g/mol. The van der Waals surface area contributed by atoms with Gasteiger partial charge < -0.3 is 14.5 Å². The van der Waals surface area contributed by atoms with Crippen molar-refractivity contribution >= 4 is 17.4 Å². The Bertz CT molecular complexity index is 485. The minimum atomic E-state index is 0.138. The van der Waals surface area contributed by atoms with Crippen molar-refractivity contribution in [3.63, 3.8) is 0 Å². The van der Waals surface area contributed by atoms with Crippen LogP contribution in [-0.4, -0.2) is 62.0 Å². The van der Waals surface area contributed by atoms with Crippen LogP contribution in [0.5, 0.6) is 5.75 Å². The van der Waals surface area contributed by atoms with Crippen LogP contribution >= 0.6 is 11.6 Å². The summed E-state index contributed by atoms with van der Waals surface area (Å²) in [5, 5.41) is 0.502. The Morgan fingerprint density at radius 1 is 1.29 bits per heavy atom. The van der Waals surface area contributed by atoms with Crippen molar-refractivity contribution in [1.82, 2.24) is 9.80 Å². The van der Waals surface area contributed by atoms with Gasteiger partial charge in [-0.05, 0) is 32.2 Å². The number of hydrogen-bond acceptors (Lipinski definition) is 4. The van der Waals surface area contributed by atoms with E-state index in [1.165, 1.54) is 0 Å². The van der Waals surface area contributed by atoms with E-state index in [1.54, 1.807) is 18.2 Å². The van der Waals surface area contributed by atoms with Crippen molar-refractivity contribution in [3.05, 3.63) is 28.8 Å². The number of Topliss-reactive ketones (excluding diaryl/α,β-unsaturated/α-hetero) is 1. The van der Waals surface area contributed by atoms with E-state index in [0.29, 0.717) is 29.4 Å². The van der Waals surface area contributed by atoms with Crippen LogP contribution in [0.2, 0.25) is 5.02 Å². The molecule has 1 heterocycles. The van der Waals surface area contributed by atoms with Gasteiger partial charge in [0.25, 0.3) is 0 Å². The Kier molecular flexibility index (Phi) is 6.03. The van der Waals surface area contributed by atoms with Crippen LogP contribution in [-0.2, 0) is 0 Å². The summed E-state index contributed by atoms with van der Waals surface area (Å²) in [7, 11) is 2.13. The van der Waals surface area contributed by atoms with Crippen molar-refractivity contribution in [2.45, 2.75) is 13.3 Å². The number of piperazine rings is 1. The van der Waals surface area contributed by atoms with Crippen molar-refractivity contribution in [3.8, 4) is 5.75 Å². The number of carbonyl (C=O) groups is 1. The highest BCUT2D eigenvalue weighted by atomic mass is 35.5. The lowest BCUT2D eigenvalue weighted by atomic mass is 10.1. The molecule has 4 nitrogen and oxygen atoms in total. The summed E-state index contributed by atoms with van der Waals surface area (Å²) in [6.45, 7) is 7.51. The number of carbonyl (C=O) groups excluding carboxylic acids is 1. The lowest BCUT2D eigenvalue weighted by Gasteiger charge is -2.32. The Hall–Kier alpha value is -1.10. The fraction of sp³-hybridized carbons (Fsp3) is 0.562. The number of likely N-dealkylation sites (N-methyl/N-ethyl adjacent to an activating group) is 1. The number of rotatable bonds is 6. The number of ether oxygens (including phenoxy) is 1. The van der Waals surface area contributed by atoms with Crippen LogP contribution < -0.4 is 4.74 Å². The van der Waals surface area contributed by atoms with Gasteiger partial charge in [0.05, 0.1) is 11.6 Å². The Labute approximate surface area is 131 Å². The smallest absolute Gasteiger partial charge is 0.164 e. The third-order valence-electron chi connectivity index (χ3n) is 3.80. The highest BCUT2D eigenvalue weighted by Crippen LogP contribution is 2.26. The van der Waals surface area contributed by atoms with E-state index in [2.05, 4.69) is 16.8 Å². The molecule has 0 radical (unpaired) electrons. The molecule has 1 fully saturated rings. The SMILES string of the molecule is CCOc1ccc(C(=O)CCN2CCN(C)CC2)cc1Cl. The third-order valence-corrected chi connectivity index (χ3v) is 4.10. The fourth-order valence-corrected chi connectivity index (χ4v) is 2.66. The van der Waals surface area contributed by atoms with Crippen molar-refractivity contribution in [1.29, 1.82) is 0 Å². The molecule has 0 saturated carbocycles. The molecule has 1 aromatic rings. The van der Waals surface area contributed by atoms with E-state index in [4.69, 9.17) is 16.3 Å². The summed E-state index contributed by atoms with van der Waals surface area (Å²) >= 11 is 6.12. The molecule has 0 bridgehead atoms. The maximum absolute atomic E-state index is 12.2. The highest BCUT2D eigenvalue weighted by Gasteiger charge is 2.16. The first-order valence-electron chi connectivity index (χ1n) is 7.46. The zero-order valence-corrected chi connectivity index (χ0v) is 13.5. The summed E-state index contributed by atoms with van der Waals surface area (Å²) < 4.78 is 5.38. The number of benzene rings is 1. The summed E-state index contributed by atoms with van der Waals surface area (Å²) in [4.78, 5) is 16.9. The van der Waals surface area contributed by atoms with E-state index >= 15 is 0 Å². The van der Waals surface area contributed by atoms with E-state index in [1.807, 2.05) is 6.92 Å². The lowest BCUT2D eigenvalue weighted by molar-refractivity contribution is 0.0942. The molecule has 0 aliphatic carbocycles. The van der Waals surface area contributed by atoms with Crippen molar-refractivity contribution in [2.75, 3.05) is 46.4 Å². The molecule has 0 spiro atoms. The van der Waals surface area contributed by atoms with Gasteiger partial charge in [-0.2, -0.15) is 0 Å². The summed E-state index contributed by atoms with van der Waals surface area (Å²) in [6, 6.07) is 5.27. The van der Waals surface area contributed by atoms with Crippen molar-refractivity contribution in [2.24, 2.45) is 0 Å². The molecule has 21 heavy (non-hydrogen) atoms. The molecule has 0 amide bonds. The molecule has 116 valence electrons. The number of halogens is 1. The molecule has 0 atom stereocenters. The molecule has 0 unspecified atom stereocenters. The van der Waals surface area contributed by atoms with Gasteiger partial charge in [-0.3, -0.25) is 4.79 Å². The van der Waals surface area contributed by atoms with Gasteiger partial charge in [0, 0.05) is 44.7 Å². The summed E-state index contributed by atoms with van der Waals surface area (Å²) in [6.07, 6.45) is 0.536. The van der Waals surface area contributed by atoms with Crippen LogP contribution in [0.3, 0.4) is 0 Å². The van der Waals surface area contributed by atoms with Gasteiger partial charge in [0.1, 0.15) is 5.75 Å². The van der Waals surface area contributed by atoms with Gasteiger partial charge in [-0.15, -0.1) is 0 Å². The first-order chi connectivity index (χ1) is 10.1. The van der Waals surface area contributed by atoms with E-state index < -0.39 is 0 Å². The minimum Gasteiger partial charge on any atom is -0.492 e. The van der Waals surface area contributed by atoms with Crippen LogP contribution in [0.15, 0.2) is 18.2 Å². The summed E-state index contributed by atoms with van der Waals surface area (Å²) in [5.74, 6) is 0.772. The molecular formula is C16H23ClN2O2. The molecule has 1 aliphatic rings. The van der Waals surface area contributed by atoms with Gasteiger partial charge in [0.15, 0.2) is 5.78 Å². The molecule has 0 N–H and O–H groups in total. The molecular weight excluding hydrogens is 288 g/mol. The van der Waals surface area contributed by atoms with Gasteiger partial charge in [0.2, 0.25) is 0 Å². The average Bonchev–Trinajstić information content (AvgIpc) is 2.48. The number of nitrogens with zero attached hydrogens (tertiary/aromatic N) is 2. The monoisotopic (exact) mass is 310 g/mol. The second-order valence-corrected chi connectivity index (χ2v) is 5.80. The highest BCUT2D eigenvalue weighted by molar-refractivity contribution is 6.32. The molecule has 1 aliphatic heterocycles. The lowest BCUT2D eigenvalue weighted by Crippen LogP contribution is -2.45. The third kappa shape index (κ3) is 4.70. The first-order valence-corrected chi connectivity index (χ1v) is 7.84. The zero-order chi connectivity index (χ0) is 15.2. The quantitative estimate of drug-likeness (QED) is 0.756. The van der Waals surface area contributed by atoms with Gasteiger partial charge in [-0.25, -0.2) is 0 Å². The van der Waals surface area contributed by atoms with E-state index in [9.17, 15) is 4.79 Å². The second-order valence-electron chi connectivity index (χ2n) is 5.40. The Morgan fingerprint density at radius 3 is 2.62 bits per heavy atom. The van der Waals surface area contributed by atoms with Crippen LogP contribution in [0.25, 0.3) is 0 Å². The Morgan fingerprint density at radius 2 is 2.00 bits per heavy atom. The Balaban J connectivity index is 1.87. The normalized spacial score (nSPS) is 16.9. The van der Waals surface area contributed by atoms with Crippen LogP contribution in [0.1, 0.15) is 23.7 Å². The second kappa shape index (κ2) is 7.78. The zero-order valence-electron chi connectivity index (χ0n) is 12.8. The molecule has 1 aromatic carbocycles. The topological polar surface area (TPSA) is 32.8 Å². The molecule has 2 rings (SSSR count). The first kappa shape index (κ1) is 16.3. The van der Waals surface area contributed by atoms with Gasteiger partial charge >= 0.3 is 0 Å². The van der Waals surface area contributed by atoms with E-state index in [0.717, 1.165) is 32.7 Å². The van der Waals surface area contributed by atoms with Crippen LogP contribution in [0.4, 0.5) is 0 Å². The maximum atomic E-state index is 12.2. The van der Waals surface area contributed by atoms with Crippen molar-refractivity contribution < 1.29 is 9.53 Å². The van der Waals surface area contributed by atoms with Crippen LogP contribution in [0, 0.1) is 0 Å². The maximum Gasteiger partial charge on any atom is 0.164 e. The largest absolute Gasteiger partial charge is 0.492 e. The minimum absolute atomic E-state index is 0.138. The standard InChI is InChI=1S/C16H23ClN2O2/c1-3-21-16-5-4-13(12-14(16)17)15(20)6-7-19-10-8-18(2)9-11-19/h4-5,12H,3,6-11H2,1-2H3. The van der Waals surface area contributed by atoms with E-state index in [-0.39, 0.29) is 5.78 Å². The predicted molar refractivity (Wildman–Crippen MR) is 85.5 cm³/mol. The predicted octanol–water partition coefficient (Wildman–Crippen LogP) is 2.56. The molecule has 5 heteroatoms. The van der Waals surface area contributed by atoms with Gasteiger partial charge in [-0.1, -0.05) is 11.6 Å². The fourth-order valence-electron chi connectivity index (χ4n) is 2.42. The molecule has 1 saturated heterocycles. The summed E-state index contributed by atoms with van der Waals surface area (Å²) in [5.41, 5.74) is 0.664. The number of ketones is 1.